The predicted molar refractivity (Wildman–Crippen MR) is 55.2 cm³/mol. The van der Waals surface area contributed by atoms with Crippen LogP contribution in [-0.4, -0.2) is 49.6 Å². The number of hydrogen-bond donors (Lipinski definition) is 0. The molecule has 0 aromatic carbocycles. The molecular formula is C11H14F2O6. The topological polar surface area (TPSA) is 71.1 Å². The summed E-state index contributed by atoms with van der Waals surface area (Å²) >= 11 is 0. The van der Waals surface area contributed by atoms with Crippen molar-refractivity contribution in [2.24, 2.45) is 5.92 Å². The highest BCUT2D eigenvalue weighted by atomic mass is 19.3. The van der Waals surface area contributed by atoms with Gasteiger partial charge in [-0.3, -0.25) is 9.59 Å². The third kappa shape index (κ3) is 2.69. The molecule has 0 saturated carbocycles. The molecule has 3 aliphatic heterocycles. The zero-order chi connectivity index (χ0) is 14.2. The van der Waals surface area contributed by atoms with E-state index in [9.17, 15) is 18.4 Å². The normalized spacial score (nSPS) is 35.2. The van der Waals surface area contributed by atoms with Crippen molar-refractivity contribution in [2.45, 2.75) is 38.3 Å². The smallest absolute Gasteiger partial charge is 0.323 e. The van der Waals surface area contributed by atoms with Crippen LogP contribution < -0.4 is 0 Å². The number of rotatable bonds is 4. The summed E-state index contributed by atoms with van der Waals surface area (Å²) in [5.74, 6) is -5.11. The Balaban J connectivity index is 2.01. The summed E-state index contributed by atoms with van der Waals surface area (Å²) in [7, 11) is 0. The number of hydrogen-bond acceptors (Lipinski definition) is 6. The molecule has 0 aromatic heterocycles. The van der Waals surface area contributed by atoms with Gasteiger partial charge in [0.25, 0.3) is 0 Å². The number of fused-ring (bicyclic) bond motifs is 2. The fourth-order valence-electron chi connectivity index (χ4n) is 2.11. The molecule has 0 aromatic rings. The minimum Gasteiger partial charge on any atom is -0.465 e. The van der Waals surface area contributed by atoms with E-state index in [4.69, 9.17) is 18.9 Å². The molecule has 3 aliphatic rings. The van der Waals surface area contributed by atoms with E-state index >= 15 is 0 Å². The van der Waals surface area contributed by atoms with Crippen LogP contribution in [0, 0.1) is 5.92 Å². The Labute approximate surface area is 107 Å². The maximum atomic E-state index is 13.5. The van der Waals surface area contributed by atoms with E-state index in [2.05, 4.69) is 0 Å². The van der Waals surface area contributed by atoms with Crippen LogP contribution in [0.4, 0.5) is 8.78 Å². The molecular weight excluding hydrogens is 266 g/mol. The first kappa shape index (κ1) is 14.1. The molecule has 0 unspecified atom stereocenters. The number of alkyl halides is 2. The van der Waals surface area contributed by atoms with Crippen LogP contribution in [0.5, 0.6) is 0 Å². The van der Waals surface area contributed by atoms with E-state index < -0.39 is 42.3 Å². The van der Waals surface area contributed by atoms with E-state index in [1.54, 1.807) is 0 Å². The predicted octanol–water partition coefficient (Wildman–Crippen LogP) is 0.488. The lowest BCUT2D eigenvalue weighted by atomic mass is 9.85. The third-order valence-electron chi connectivity index (χ3n) is 3.06. The third-order valence-corrected chi connectivity index (χ3v) is 3.06. The van der Waals surface area contributed by atoms with Gasteiger partial charge in [0.2, 0.25) is 6.29 Å². The van der Waals surface area contributed by atoms with E-state index in [1.165, 1.54) is 13.8 Å². The number of halogens is 2. The molecule has 0 amide bonds. The lowest BCUT2D eigenvalue weighted by molar-refractivity contribution is -0.460. The van der Waals surface area contributed by atoms with Crippen molar-refractivity contribution in [3.05, 3.63) is 0 Å². The molecule has 3 rings (SSSR count). The second-order valence-corrected chi connectivity index (χ2v) is 4.51. The summed E-state index contributed by atoms with van der Waals surface area (Å²) in [6.07, 6.45) is -3.77. The first-order valence-electron chi connectivity index (χ1n) is 5.78. The first-order chi connectivity index (χ1) is 8.82. The Morgan fingerprint density at radius 3 is 2.21 bits per heavy atom. The Hall–Kier alpha value is -1.28. The number of carbonyl (C=O) groups is 2. The lowest BCUT2D eigenvalue weighted by Gasteiger charge is -2.54. The van der Waals surface area contributed by atoms with Gasteiger partial charge in [0.05, 0.1) is 12.5 Å². The molecule has 3 heterocycles. The van der Waals surface area contributed by atoms with Crippen molar-refractivity contribution in [3.63, 3.8) is 0 Å². The van der Waals surface area contributed by atoms with Gasteiger partial charge in [-0.2, -0.15) is 8.78 Å². The standard InChI is InChI=1S/C11H14F2O6/c1-5(14)16-3-7-8(4-17-6(2)15)18-10-11(12,13)9(7)19-10/h7-10H,3-4H2,1-2H3/t7-,8-,9-,10-/m0/s1. The molecule has 8 heteroatoms. The van der Waals surface area contributed by atoms with E-state index in [0.29, 0.717) is 0 Å². The second kappa shape index (κ2) is 5.01. The summed E-state index contributed by atoms with van der Waals surface area (Å²) in [4.78, 5) is 21.5. The van der Waals surface area contributed by atoms with Gasteiger partial charge in [0, 0.05) is 13.8 Å². The Kier molecular flexibility index (Phi) is 3.73. The van der Waals surface area contributed by atoms with Crippen LogP contribution in [-0.2, 0) is 28.5 Å². The first-order valence-corrected chi connectivity index (χ1v) is 5.78. The molecule has 0 aliphatic carbocycles. The molecule has 19 heavy (non-hydrogen) atoms. The van der Waals surface area contributed by atoms with Crippen molar-refractivity contribution in [1.82, 2.24) is 0 Å². The number of ether oxygens (including phenoxy) is 4. The molecule has 4 atom stereocenters. The van der Waals surface area contributed by atoms with Crippen LogP contribution in [0.1, 0.15) is 13.8 Å². The molecule has 0 spiro atoms. The summed E-state index contributed by atoms with van der Waals surface area (Å²) in [6.45, 7) is 1.94. The maximum Gasteiger partial charge on any atom is 0.323 e. The van der Waals surface area contributed by atoms with Crippen LogP contribution in [0.2, 0.25) is 0 Å². The number of carbonyl (C=O) groups excluding carboxylic acids is 2. The SMILES string of the molecule is CC(=O)OC[C@H]1[C@H](COC(C)=O)O[C@H]2O[C@@H]1C2(F)F. The summed E-state index contributed by atoms with van der Waals surface area (Å²) in [5, 5.41) is 0. The van der Waals surface area contributed by atoms with Gasteiger partial charge < -0.3 is 18.9 Å². The van der Waals surface area contributed by atoms with E-state index in [0.717, 1.165) is 0 Å². The highest BCUT2D eigenvalue weighted by Gasteiger charge is 2.69. The minimum atomic E-state index is -3.11. The van der Waals surface area contributed by atoms with Crippen molar-refractivity contribution >= 4 is 11.9 Å². The summed E-state index contributed by atoms with van der Waals surface area (Å²) < 4.78 is 46.4. The average Bonchev–Trinajstić information content (AvgIpc) is 2.33. The van der Waals surface area contributed by atoms with E-state index in [-0.39, 0.29) is 13.2 Å². The highest BCUT2D eigenvalue weighted by Crippen LogP contribution is 2.49. The van der Waals surface area contributed by atoms with Gasteiger partial charge in [0.15, 0.2) is 0 Å². The second-order valence-electron chi connectivity index (χ2n) is 4.51. The Morgan fingerprint density at radius 2 is 1.68 bits per heavy atom. The van der Waals surface area contributed by atoms with Gasteiger partial charge in [-0.15, -0.1) is 0 Å². The van der Waals surface area contributed by atoms with Gasteiger partial charge in [-0.05, 0) is 0 Å². The van der Waals surface area contributed by atoms with Crippen LogP contribution in [0.25, 0.3) is 0 Å². The summed E-state index contributed by atoms with van der Waals surface area (Å²) in [5.41, 5.74) is 0. The largest absolute Gasteiger partial charge is 0.465 e. The summed E-state index contributed by atoms with van der Waals surface area (Å²) in [6, 6.07) is 0. The number of esters is 2. The molecule has 2 bridgehead atoms. The molecule has 0 N–H and O–H groups in total. The fourth-order valence-corrected chi connectivity index (χ4v) is 2.11. The average molecular weight is 280 g/mol. The molecule has 6 nitrogen and oxygen atoms in total. The van der Waals surface area contributed by atoms with Crippen molar-refractivity contribution in [1.29, 1.82) is 0 Å². The van der Waals surface area contributed by atoms with Gasteiger partial charge >= 0.3 is 17.9 Å². The van der Waals surface area contributed by atoms with Crippen LogP contribution >= 0.6 is 0 Å². The zero-order valence-electron chi connectivity index (χ0n) is 10.4. The lowest BCUT2D eigenvalue weighted by Crippen LogP contribution is -2.72. The van der Waals surface area contributed by atoms with Gasteiger partial charge in [0.1, 0.15) is 18.8 Å². The minimum absolute atomic E-state index is 0.173. The van der Waals surface area contributed by atoms with Crippen molar-refractivity contribution < 1.29 is 37.3 Å². The van der Waals surface area contributed by atoms with Crippen LogP contribution in [0.3, 0.4) is 0 Å². The molecule has 108 valence electrons. The van der Waals surface area contributed by atoms with Crippen LogP contribution in [0.15, 0.2) is 0 Å². The van der Waals surface area contributed by atoms with Crippen molar-refractivity contribution in [3.8, 4) is 0 Å². The fraction of sp³-hybridized carbons (Fsp3) is 0.818. The molecule has 3 saturated heterocycles. The quantitative estimate of drug-likeness (QED) is 0.698. The van der Waals surface area contributed by atoms with E-state index in [1.807, 2.05) is 0 Å². The van der Waals surface area contributed by atoms with Gasteiger partial charge in [-0.25, -0.2) is 0 Å². The molecule has 3 fully saturated rings. The maximum absolute atomic E-state index is 13.5. The highest BCUT2D eigenvalue weighted by molar-refractivity contribution is 5.66. The van der Waals surface area contributed by atoms with Gasteiger partial charge in [-0.1, -0.05) is 0 Å². The molecule has 0 radical (unpaired) electrons. The Bertz CT molecular complexity index is 385. The Morgan fingerprint density at radius 1 is 1.11 bits per heavy atom. The monoisotopic (exact) mass is 280 g/mol. The zero-order valence-corrected chi connectivity index (χ0v) is 10.4. The van der Waals surface area contributed by atoms with Crippen molar-refractivity contribution in [2.75, 3.05) is 13.2 Å².